The lowest BCUT2D eigenvalue weighted by atomic mass is 10.2. The molecule has 1 saturated heterocycles. The first-order valence-corrected chi connectivity index (χ1v) is 8.54. The molecule has 8 nitrogen and oxygen atoms in total. The Bertz CT molecular complexity index is 894. The van der Waals surface area contributed by atoms with E-state index in [1.54, 1.807) is 24.7 Å². The number of rotatable bonds is 4. The molecule has 3 rings (SSSR count). The minimum absolute atomic E-state index is 0.0304. The smallest absolute Gasteiger partial charge is 0.262 e. The zero-order valence-corrected chi connectivity index (χ0v) is 13.9. The van der Waals surface area contributed by atoms with Crippen LogP contribution in [0.1, 0.15) is 5.69 Å². The molecule has 3 heterocycles. The van der Waals surface area contributed by atoms with Crippen molar-refractivity contribution in [3.8, 4) is 5.75 Å². The molecule has 0 N–H and O–H groups in total. The van der Waals surface area contributed by atoms with Crippen LogP contribution in [0.4, 0.5) is 0 Å². The summed E-state index contributed by atoms with van der Waals surface area (Å²) in [5.41, 5.74) is 0.627. The van der Waals surface area contributed by atoms with Crippen molar-refractivity contribution < 1.29 is 13.2 Å². The maximum absolute atomic E-state index is 12.3. The van der Waals surface area contributed by atoms with Gasteiger partial charge >= 0.3 is 0 Å². The van der Waals surface area contributed by atoms with E-state index >= 15 is 0 Å². The van der Waals surface area contributed by atoms with Gasteiger partial charge < -0.3 is 13.9 Å². The average molecular weight is 338 g/mol. The van der Waals surface area contributed by atoms with Gasteiger partial charge in [-0.2, -0.15) is 4.31 Å². The highest BCUT2D eigenvalue weighted by molar-refractivity contribution is 7.89. The highest BCUT2D eigenvalue weighted by Gasteiger charge is 2.39. The molecule has 1 aliphatic rings. The van der Waals surface area contributed by atoms with E-state index in [0.717, 1.165) is 5.69 Å². The molecule has 0 saturated carbocycles. The predicted octanol–water partition coefficient (Wildman–Crippen LogP) is -0.121. The minimum Gasteiger partial charge on any atom is -0.487 e. The summed E-state index contributed by atoms with van der Waals surface area (Å²) in [7, 11) is -0.173. The molecule has 0 aliphatic carbocycles. The second-order valence-corrected chi connectivity index (χ2v) is 7.55. The van der Waals surface area contributed by atoms with E-state index in [1.807, 2.05) is 6.92 Å². The monoisotopic (exact) mass is 338 g/mol. The van der Waals surface area contributed by atoms with Crippen LogP contribution in [0.25, 0.3) is 0 Å². The Hall–Kier alpha value is -2.13. The third-order valence-electron chi connectivity index (χ3n) is 3.88. The van der Waals surface area contributed by atoms with E-state index in [9.17, 15) is 13.2 Å². The Morgan fingerprint density at radius 3 is 2.52 bits per heavy atom. The first kappa shape index (κ1) is 15.8. The summed E-state index contributed by atoms with van der Waals surface area (Å²) in [6.45, 7) is 2.30. The van der Waals surface area contributed by atoms with Crippen molar-refractivity contribution >= 4 is 10.0 Å². The largest absolute Gasteiger partial charge is 0.487 e. The van der Waals surface area contributed by atoms with Crippen LogP contribution in [0, 0.1) is 6.92 Å². The fraction of sp³-hybridized carbons (Fsp3) is 0.429. The molecule has 124 valence electrons. The number of imidazole rings is 1. The van der Waals surface area contributed by atoms with Gasteiger partial charge in [0.25, 0.3) is 15.6 Å². The number of hydrogen-bond acceptors (Lipinski definition) is 5. The van der Waals surface area contributed by atoms with E-state index in [0.29, 0.717) is 5.75 Å². The van der Waals surface area contributed by atoms with Crippen LogP contribution in [-0.2, 0) is 24.1 Å². The van der Waals surface area contributed by atoms with Crippen LogP contribution in [0.5, 0.6) is 5.75 Å². The molecule has 0 bridgehead atoms. The maximum Gasteiger partial charge on any atom is 0.262 e. The molecule has 2 aromatic heterocycles. The van der Waals surface area contributed by atoms with Crippen molar-refractivity contribution in [3.63, 3.8) is 0 Å². The highest BCUT2D eigenvalue weighted by atomic mass is 32.2. The topological polar surface area (TPSA) is 86.4 Å². The lowest BCUT2D eigenvalue weighted by Gasteiger charge is -2.37. The first-order chi connectivity index (χ1) is 10.8. The fourth-order valence-electron chi connectivity index (χ4n) is 2.32. The molecular formula is C14H18N4O4S. The molecule has 1 fully saturated rings. The Kier molecular flexibility index (Phi) is 3.77. The van der Waals surface area contributed by atoms with Crippen molar-refractivity contribution in [1.82, 2.24) is 18.4 Å². The molecule has 2 aromatic rings. The van der Waals surface area contributed by atoms with Crippen molar-refractivity contribution in [3.05, 3.63) is 40.7 Å². The molecule has 0 spiro atoms. The summed E-state index contributed by atoms with van der Waals surface area (Å²) in [6.07, 6.45) is 2.65. The number of aromatic nitrogens is 3. The quantitative estimate of drug-likeness (QED) is 0.776. The molecule has 9 heteroatoms. The predicted molar refractivity (Wildman–Crippen MR) is 82.8 cm³/mol. The lowest BCUT2D eigenvalue weighted by molar-refractivity contribution is 0.0757. The normalized spacial score (nSPS) is 16.3. The molecule has 0 unspecified atom stereocenters. The summed E-state index contributed by atoms with van der Waals surface area (Å²) < 4.78 is 34.7. The van der Waals surface area contributed by atoms with Crippen molar-refractivity contribution in [2.75, 3.05) is 13.1 Å². The van der Waals surface area contributed by atoms with Crippen LogP contribution >= 0.6 is 0 Å². The van der Waals surface area contributed by atoms with Crippen molar-refractivity contribution in [2.45, 2.75) is 18.1 Å². The Morgan fingerprint density at radius 2 is 1.96 bits per heavy atom. The van der Waals surface area contributed by atoms with E-state index < -0.39 is 10.0 Å². The van der Waals surface area contributed by atoms with Crippen LogP contribution in [0.15, 0.2) is 34.5 Å². The van der Waals surface area contributed by atoms with Gasteiger partial charge in [0, 0.05) is 32.1 Å². The van der Waals surface area contributed by atoms with E-state index in [2.05, 4.69) is 4.98 Å². The Balaban J connectivity index is 1.67. The number of hydrogen-bond donors (Lipinski definition) is 0. The summed E-state index contributed by atoms with van der Waals surface area (Å²) in [5.74, 6) is 0.463. The van der Waals surface area contributed by atoms with E-state index in [1.165, 1.54) is 27.5 Å². The van der Waals surface area contributed by atoms with Gasteiger partial charge in [-0.3, -0.25) is 4.79 Å². The summed E-state index contributed by atoms with van der Waals surface area (Å²) in [4.78, 5) is 15.6. The zero-order valence-electron chi connectivity index (χ0n) is 13.1. The molecule has 0 aromatic carbocycles. The first-order valence-electron chi connectivity index (χ1n) is 7.10. The van der Waals surface area contributed by atoms with E-state index in [4.69, 9.17) is 4.74 Å². The summed E-state index contributed by atoms with van der Waals surface area (Å²) in [6, 6.07) is 3.17. The van der Waals surface area contributed by atoms with Gasteiger partial charge in [0.05, 0.1) is 19.4 Å². The number of nitrogens with zero attached hydrogens (tertiary/aromatic N) is 4. The van der Waals surface area contributed by atoms with Gasteiger partial charge in [-0.15, -0.1) is 0 Å². The third-order valence-corrected chi connectivity index (χ3v) is 5.60. The van der Waals surface area contributed by atoms with Gasteiger partial charge in [0.1, 0.15) is 11.9 Å². The molecule has 0 radical (unpaired) electrons. The van der Waals surface area contributed by atoms with Crippen LogP contribution in [0.3, 0.4) is 0 Å². The number of ether oxygens (including phenoxy) is 1. The molecule has 1 aliphatic heterocycles. The Morgan fingerprint density at radius 1 is 1.26 bits per heavy atom. The van der Waals surface area contributed by atoms with Crippen LogP contribution in [-0.4, -0.2) is 46.0 Å². The SMILES string of the molecule is Cc1cc(OC2CN(S(=O)(=O)c3cn(C)cn3)C2)cc(=O)n1C. The third kappa shape index (κ3) is 2.89. The van der Waals surface area contributed by atoms with Gasteiger partial charge in [-0.1, -0.05) is 0 Å². The molecule has 23 heavy (non-hydrogen) atoms. The second-order valence-electron chi connectivity index (χ2n) is 5.67. The minimum atomic E-state index is -3.57. The lowest BCUT2D eigenvalue weighted by Crippen LogP contribution is -2.56. The second kappa shape index (κ2) is 5.50. The molecule has 0 atom stereocenters. The number of aryl methyl sites for hydroxylation is 2. The summed E-state index contributed by atoms with van der Waals surface area (Å²) in [5, 5.41) is 0.0304. The van der Waals surface area contributed by atoms with Crippen LogP contribution in [0.2, 0.25) is 0 Å². The van der Waals surface area contributed by atoms with E-state index in [-0.39, 0.29) is 29.8 Å². The van der Waals surface area contributed by atoms with Crippen molar-refractivity contribution in [1.29, 1.82) is 0 Å². The summed E-state index contributed by atoms with van der Waals surface area (Å²) >= 11 is 0. The molecule has 0 amide bonds. The van der Waals surface area contributed by atoms with Gasteiger partial charge in [-0.25, -0.2) is 13.4 Å². The average Bonchev–Trinajstić information content (AvgIpc) is 2.86. The van der Waals surface area contributed by atoms with Gasteiger partial charge in [-0.05, 0) is 13.0 Å². The standard InChI is InChI=1S/C14H18N4O4S/c1-10-4-11(5-14(19)17(10)3)22-12-6-18(7-12)23(20,21)13-8-16(2)9-15-13/h4-5,8-9,12H,6-7H2,1-3H3. The maximum atomic E-state index is 12.3. The number of sulfonamides is 1. The van der Waals surface area contributed by atoms with Gasteiger partial charge in [0.2, 0.25) is 0 Å². The number of pyridine rings is 1. The zero-order chi connectivity index (χ0) is 16.8. The fourth-order valence-corrected chi connectivity index (χ4v) is 3.79. The Labute approximate surface area is 134 Å². The van der Waals surface area contributed by atoms with Gasteiger partial charge in [0.15, 0.2) is 5.03 Å². The van der Waals surface area contributed by atoms with Crippen LogP contribution < -0.4 is 10.3 Å². The highest BCUT2D eigenvalue weighted by Crippen LogP contribution is 2.23. The molecular weight excluding hydrogens is 320 g/mol. The van der Waals surface area contributed by atoms with Crippen molar-refractivity contribution in [2.24, 2.45) is 14.1 Å².